The van der Waals surface area contributed by atoms with Gasteiger partial charge in [-0.25, -0.2) is 0 Å². The van der Waals surface area contributed by atoms with Crippen molar-refractivity contribution in [1.29, 1.82) is 0 Å². The molecule has 1 aliphatic heterocycles. The summed E-state index contributed by atoms with van der Waals surface area (Å²) >= 11 is 6.29. The minimum absolute atomic E-state index is 0.165. The molecule has 0 saturated carbocycles. The lowest BCUT2D eigenvalue weighted by molar-refractivity contribution is -0.126. The number of para-hydroxylation sites is 1. The number of nitrogens with one attached hydrogen (secondary N) is 1. The number of nitrogens with zero attached hydrogens (tertiary/aromatic N) is 1. The van der Waals surface area contributed by atoms with Crippen molar-refractivity contribution in [3.63, 3.8) is 0 Å². The number of halogens is 1. The molecule has 4 nitrogen and oxygen atoms in total. The van der Waals surface area contributed by atoms with Crippen molar-refractivity contribution in [2.45, 2.75) is 19.5 Å². The zero-order chi connectivity index (χ0) is 15.7. The second-order valence-corrected chi connectivity index (χ2v) is 5.63. The normalized spacial score (nSPS) is 16.5. The molecule has 1 heterocycles. The van der Waals surface area contributed by atoms with Gasteiger partial charge in [-0.05, 0) is 11.6 Å². The third-order valence-corrected chi connectivity index (χ3v) is 3.95. The zero-order valence-electron chi connectivity index (χ0n) is 12.0. The van der Waals surface area contributed by atoms with Crippen LogP contribution in [0.1, 0.15) is 24.1 Å². The fraction of sp³-hybridized carbons (Fsp3) is 0.176. The highest BCUT2D eigenvalue weighted by Gasteiger charge is 2.39. The van der Waals surface area contributed by atoms with E-state index in [-0.39, 0.29) is 11.8 Å². The van der Waals surface area contributed by atoms with Gasteiger partial charge in [0.15, 0.2) is 0 Å². The van der Waals surface area contributed by atoms with E-state index in [4.69, 9.17) is 11.6 Å². The summed E-state index contributed by atoms with van der Waals surface area (Å²) in [6.45, 7) is 1.82. The van der Waals surface area contributed by atoms with Crippen molar-refractivity contribution in [3.8, 4) is 0 Å². The monoisotopic (exact) mass is 314 g/mol. The van der Waals surface area contributed by atoms with Gasteiger partial charge in [-0.1, -0.05) is 54.1 Å². The van der Waals surface area contributed by atoms with Crippen molar-refractivity contribution in [2.24, 2.45) is 0 Å². The summed E-state index contributed by atoms with van der Waals surface area (Å²) in [6.07, 6.45) is 0. The lowest BCUT2D eigenvalue weighted by Gasteiger charge is -2.19. The van der Waals surface area contributed by atoms with Gasteiger partial charge in [0.05, 0.1) is 17.3 Å². The summed E-state index contributed by atoms with van der Waals surface area (Å²) in [5.74, 6) is -0.409. The molecular weight excluding hydrogens is 300 g/mol. The van der Waals surface area contributed by atoms with Crippen LogP contribution in [0, 0.1) is 0 Å². The quantitative estimate of drug-likeness (QED) is 0.946. The minimum atomic E-state index is -0.671. The average molecular weight is 315 g/mol. The molecule has 0 bridgehead atoms. The Hall–Kier alpha value is -2.33. The third-order valence-electron chi connectivity index (χ3n) is 3.64. The topological polar surface area (TPSA) is 49.4 Å². The molecule has 0 aromatic heterocycles. The highest BCUT2D eigenvalue weighted by Crippen LogP contribution is 2.41. The minimum Gasteiger partial charge on any atom is -0.341 e. The fourth-order valence-electron chi connectivity index (χ4n) is 2.71. The molecule has 2 amide bonds. The number of benzene rings is 2. The van der Waals surface area contributed by atoms with Crippen molar-refractivity contribution in [3.05, 3.63) is 64.7 Å². The number of carbonyl (C=O) groups is 2. The lowest BCUT2D eigenvalue weighted by atomic mass is 10.1. The Morgan fingerprint density at radius 3 is 2.59 bits per heavy atom. The van der Waals surface area contributed by atoms with E-state index < -0.39 is 6.04 Å². The van der Waals surface area contributed by atoms with E-state index in [9.17, 15) is 9.59 Å². The zero-order valence-corrected chi connectivity index (χ0v) is 12.8. The van der Waals surface area contributed by atoms with Crippen LogP contribution >= 0.6 is 11.6 Å². The number of hydrogen-bond acceptors (Lipinski definition) is 2. The van der Waals surface area contributed by atoms with Crippen molar-refractivity contribution in [2.75, 3.05) is 4.90 Å². The molecule has 0 fully saturated rings. The van der Waals surface area contributed by atoms with E-state index in [1.807, 2.05) is 36.4 Å². The van der Waals surface area contributed by atoms with Crippen molar-refractivity contribution < 1.29 is 9.59 Å². The maximum Gasteiger partial charge on any atom is 0.254 e. The Kier molecular flexibility index (Phi) is 3.86. The van der Waals surface area contributed by atoms with E-state index in [1.54, 1.807) is 17.0 Å². The van der Waals surface area contributed by atoms with E-state index in [1.165, 1.54) is 6.92 Å². The van der Waals surface area contributed by atoms with Crippen molar-refractivity contribution in [1.82, 2.24) is 5.32 Å². The number of fused-ring (bicyclic) bond motifs is 1. The van der Waals surface area contributed by atoms with Gasteiger partial charge < -0.3 is 10.2 Å². The maximum absolute atomic E-state index is 12.7. The summed E-state index contributed by atoms with van der Waals surface area (Å²) in [5, 5.41) is 3.21. The first-order valence-electron chi connectivity index (χ1n) is 6.98. The summed E-state index contributed by atoms with van der Waals surface area (Å²) < 4.78 is 0. The molecule has 0 saturated heterocycles. The van der Waals surface area contributed by atoms with Crippen LogP contribution in [0.25, 0.3) is 0 Å². The molecule has 0 spiro atoms. The van der Waals surface area contributed by atoms with Crippen LogP contribution in [0.2, 0.25) is 5.02 Å². The number of anilines is 1. The first kappa shape index (κ1) is 14.6. The summed E-state index contributed by atoms with van der Waals surface area (Å²) in [6, 6.07) is 14.4. The first-order chi connectivity index (χ1) is 10.6. The number of hydrogen-bond donors (Lipinski definition) is 1. The maximum atomic E-state index is 12.7. The van der Waals surface area contributed by atoms with Gasteiger partial charge in [-0.2, -0.15) is 0 Å². The van der Waals surface area contributed by atoms with Crippen LogP contribution in [-0.2, 0) is 16.1 Å². The molecule has 2 aromatic carbocycles. The third kappa shape index (κ3) is 2.57. The van der Waals surface area contributed by atoms with Crippen LogP contribution in [0.5, 0.6) is 0 Å². The van der Waals surface area contributed by atoms with E-state index in [0.717, 1.165) is 11.1 Å². The van der Waals surface area contributed by atoms with Gasteiger partial charge in [-0.3, -0.25) is 9.59 Å². The molecule has 22 heavy (non-hydrogen) atoms. The molecule has 1 atom stereocenters. The molecular formula is C17H15ClN2O2. The molecule has 2 aromatic rings. The van der Waals surface area contributed by atoms with Crippen LogP contribution in [-0.4, -0.2) is 11.8 Å². The Labute approximate surface area is 133 Å². The number of rotatable bonds is 3. The predicted molar refractivity (Wildman–Crippen MR) is 85.6 cm³/mol. The molecule has 0 aliphatic carbocycles. The van der Waals surface area contributed by atoms with Gasteiger partial charge in [0, 0.05) is 12.5 Å². The average Bonchev–Trinajstić information content (AvgIpc) is 2.75. The predicted octanol–water partition coefficient (Wildman–Crippen LogP) is 3.06. The molecule has 3 rings (SSSR count). The van der Waals surface area contributed by atoms with Crippen LogP contribution in [0.3, 0.4) is 0 Å². The van der Waals surface area contributed by atoms with Gasteiger partial charge in [0.1, 0.15) is 6.04 Å². The highest BCUT2D eigenvalue weighted by molar-refractivity contribution is 6.34. The summed E-state index contributed by atoms with van der Waals surface area (Å²) in [5.41, 5.74) is 2.42. The molecule has 0 radical (unpaired) electrons. The van der Waals surface area contributed by atoms with Gasteiger partial charge in [0.25, 0.3) is 5.91 Å². The lowest BCUT2D eigenvalue weighted by Crippen LogP contribution is -2.36. The SMILES string of the molecule is CC(=O)N[C@@H]1C(=O)N(Cc2ccccc2)c2c(Cl)cccc21. The van der Waals surface area contributed by atoms with E-state index >= 15 is 0 Å². The van der Waals surface area contributed by atoms with Crippen LogP contribution < -0.4 is 10.2 Å². The summed E-state index contributed by atoms with van der Waals surface area (Å²) in [7, 11) is 0. The summed E-state index contributed by atoms with van der Waals surface area (Å²) in [4.78, 5) is 25.7. The number of carbonyl (C=O) groups excluding carboxylic acids is 2. The largest absolute Gasteiger partial charge is 0.341 e. The molecule has 1 N–H and O–H groups in total. The van der Waals surface area contributed by atoms with Crippen molar-refractivity contribution >= 4 is 29.1 Å². The Balaban J connectivity index is 2.01. The van der Waals surface area contributed by atoms with E-state index in [2.05, 4.69) is 5.32 Å². The first-order valence-corrected chi connectivity index (χ1v) is 7.36. The Morgan fingerprint density at radius 2 is 1.91 bits per heavy atom. The number of amides is 2. The van der Waals surface area contributed by atoms with Gasteiger partial charge in [-0.15, -0.1) is 0 Å². The molecule has 0 unspecified atom stereocenters. The van der Waals surface area contributed by atoms with Crippen LogP contribution in [0.15, 0.2) is 48.5 Å². The standard InChI is InChI=1S/C17H15ClN2O2/c1-11(21)19-15-13-8-5-9-14(18)16(13)20(17(15)22)10-12-6-3-2-4-7-12/h2-9,15H,10H2,1H3,(H,19,21)/t15-/m0/s1. The van der Waals surface area contributed by atoms with Gasteiger partial charge >= 0.3 is 0 Å². The Morgan fingerprint density at radius 1 is 1.18 bits per heavy atom. The second kappa shape index (κ2) is 5.81. The van der Waals surface area contributed by atoms with Crippen LogP contribution in [0.4, 0.5) is 5.69 Å². The van der Waals surface area contributed by atoms with E-state index in [0.29, 0.717) is 17.3 Å². The molecule has 1 aliphatic rings. The molecule has 112 valence electrons. The smallest absolute Gasteiger partial charge is 0.254 e. The fourth-order valence-corrected chi connectivity index (χ4v) is 3.00. The van der Waals surface area contributed by atoms with Gasteiger partial charge in [0.2, 0.25) is 5.91 Å². The molecule has 5 heteroatoms. The second-order valence-electron chi connectivity index (χ2n) is 5.22. The Bertz CT molecular complexity index is 731. The highest BCUT2D eigenvalue weighted by atomic mass is 35.5.